The van der Waals surface area contributed by atoms with Gasteiger partial charge < -0.3 is 10.1 Å². The third-order valence-corrected chi connectivity index (χ3v) is 9.55. The quantitative estimate of drug-likeness (QED) is 0.292. The number of ether oxygens (including phenoxy) is 1. The molecule has 3 aromatic carbocycles. The number of esters is 1. The molecule has 0 atom stereocenters. The van der Waals surface area contributed by atoms with E-state index in [2.05, 4.69) is 17.0 Å². The Morgan fingerprint density at radius 3 is 2.12 bits per heavy atom. The maximum absolute atomic E-state index is 13.0. The van der Waals surface area contributed by atoms with Crippen LogP contribution in [-0.4, -0.2) is 53.7 Å². The summed E-state index contributed by atoms with van der Waals surface area (Å²) in [5.41, 5.74) is 2.82. The van der Waals surface area contributed by atoms with Crippen molar-refractivity contribution in [3.05, 3.63) is 82.9 Å². The average Bonchev–Trinajstić information content (AvgIpc) is 2.92. The maximum atomic E-state index is 13.0. The van der Waals surface area contributed by atoms with Gasteiger partial charge in [-0.05, 0) is 79.8 Å². The molecule has 0 aromatic heterocycles. The second-order valence-electron chi connectivity index (χ2n) is 9.77. The van der Waals surface area contributed by atoms with E-state index in [1.165, 1.54) is 44.4 Å². The van der Waals surface area contributed by atoms with Gasteiger partial charge in [-0.1, -0.05) is 37.6 Å². The molecule has 0 fully saturated rings. The molecule has 0 saturated heterocycles. The van der Waals surface area contributed by atoms with Gasteiger partial charge in [0, 0.05) is 25.5 Å². The number of sulfonamides is 2. The second kappa shape index (κ2) is 13.3. The highest BCUT2D eigenvalue weighted by Gasteiger charge is 2.21. The molecule has 0 aliphatic carbocycles. The van der Waals surface area contributed by atoms with Crippen LogP contribution in [0.15, 0.2) is 70.5 Å². The number of amides is 1. The van der Waals surface area contributed by atoms with Crippen molar-refractivity contribution in [1.29, 1.82) is 0 Å². The van der Waals surface area contributed by atoms with Crippen molar-refractivity contribution in [1.82, 2.24) is 4.31 Å². The van der Waals surface area contributed by atoms with Crippen LogP contribution in [0.4, 0.5) is 11.4 Å². The molecule has 0 radical (unpaired) electrons. The molecular weight excluding hydrogens is 566 g/mol. The number of nitrogens with zero attached hydrogens (tertiary/aromatic N) is 1. The van der Waals surface area contributed by atoms with Crippen LogP contribution >= 0.6 is 0 Å². The van der Waals surface area contributed by atoms with Crippen molar-refractivity contribution < 1.29 is 31.2 Å². The van der Waals surface area contributed by atoms with E-state index in [0.717, 1.165) is 29.1 Å². The molecule has 3 rings (SSSR count). The van der Waals surface area contributed by atoms with Gasteiger partial charge in [0.25, 0.3) is 15.9 Å². The second-order valence-corrected chi connectivity index (χ2v) is 13.6. The van der Waals surface area contributed by atoms with Gasteiger partial charge in [0.2, 0.25) is 10.0 Å². The molecule has 0 spiro atoms. The van der Waals surface area contributed by atoms with Crippen LogP contribution in [0.5, 0.6) is 0 Å². The van der Waals surface area contributed by atoms with Crippen molar-refractivity contribution in [3.63, 3.8) is 0 Å². The van der Waals surface area contributed by atoms with Gasteiger partial charge in [0.15, 0.2) is 6.61 Å². The summed E-state index contributed by atoms with van der Waals surface area (Å²) >= 11 is 0. The van der Waals surface area contributed by atoms with Gasteiger partial charge in [-0.2, -0.15) is 0 Å². The third-order valence-electron chi connectivity index (χ3n) is 6.36. The first kappa shape index (κ1) is 31.8. The summed E-state index contributed by atoms with van der Waals surface area (Å²) in [6, 6.07) is 15.5. The summed E-state index contributed by atoms with van der Waals surface area (Å²) in [6.45, 7) is 4.75. The van der Waals surface area contributed by atoms with Crippen molar-refractivity contribution in [2.45, 2.75) is 49.8 Å². The van der Waals surface area contributed by atoms with Crippen LogP contribution in [0.25, 0.3) is 0 Å². The zero-order valence-electron chi connectivity index (χ0n) is 23.7. The number of unbranched alkanes of at least 4 members (excludes halogenated alkanes) is 1. The normalized spacial score (nSPS) is 11.8. The zero-order valence-corrected chi connectivity index (χ0v) is 25.4. The summed E-state index contributed by atoms with van der Waals surface area (Å²) in [7, 11) is -4.92. The molecule has 12 heteroatoms. The lowest BCUT2D eigenvalue weighted by molar-refractivity contribution is -0.119. The van der Waals surface area contributed by atoms with Crippen LogP contribution in [0.3, 0.4) is 0 Å². The lowest BCUT2D eigenvalue weighted by atomic mass is 10.1. The molecule has 10 nitrogen and oxygen atoms in total. The van der Waals surface area contributed by atoms with Gasteiger partial charge >= 0.3 is 5.97 Å². The first-order valence-electron chi connectivity index (χ1n) is 13.0. The molecular formula is C29H35N3O7S2. The summed E-state index contributed by atoms with van der Waals surface area (Å²) in [5.74, 6) is -1.57. The molecule has 0 bridgehead atoms. The Hall–Kier alpha value is -3.74. The zero-order chi connectivity index (χ0) is 30.4. The number of hydrogen-bond acceptors (Lipinski definition) is 7. The van der Waals surface area contributed by atoms with Gasteiger partial charge in [-0.15, -0.1) is 0 Å². The van der Waals surface area contributed by atoms with Gasteiger partial charge in [-0.3, -0.25) is 9.52 Å². The Labute approximate surface area is 241 Å². The Balaban J connectivity index is 1.69. The number of carbonyl (C=O) groups is 2. The first-order valence-corrected chi connectivity index (χ1v) is 15.9. The summed E-state index contributed by atoms with van der Waals surface area (Å²) < 4.78 is 59.6. The molecule has 0 aliphatic rings. The summed E-state index contributed by atoms with van der Waals surface area (Å²) in [5, 5.41) is 2.56. The minimum Gasteiger partial charge on any atom is -0.452 e. The van der Waals surface area contributed by atoms with E-state index < -0.39 is 38.5 Å². The molecule has 220 valence electrons. The lowest BCUT2D eigenvalue weighted by Crippen LogP contribution is -2.24. The molecule has 3 aromatic rings. The number of anilines is 2. The highest BCUT2D eigenvalue weighted by atomic mass is 32.2. The van der Waals surface area contributed by atoms with E-state index >= 15 is 0 Å². The topological polar surface area (TPSA) is 139 Å². The maximum Gasteiger partial charge on any atom is 0.338 e. The third kappa shape index (κ3) is 8.15. The molecule has 0 heterocycles. The molecule has 0 aliphatic heterocycles. The van der Waals surface area contributed by atoms with E-state index in [4.69, 9.17) is 4.74 Å². The Morgan fingerprint density at radius 1 is 0.854 bits per heavy atom. The Morgan fingerprint density at radius 2 is 1.49 bits per heavy atom. The van der Waals surface area contributed by atoms with E-state index in [9.17, 15) is 26.4 Å². The minimum atomic E-state index is -4.00. The predicted octanol–water partition coefficient (Wildman–Crippen LogP) is 4.49. The Bertz CT molecular complexity index is 1630. The summed E-state index contributed by atoms with van der Waals surface area (Å²) in [6.07, 6.45) is 3.02. The number of rotatable bonds is 12. The van der Waals surface area contributed by atoms with Crippen molar-refractivity contribution in [2.24, 2.45) is 0 Å². The van der Waals surface area contributed by atoms with Gasteiger partial charge in [0.1, 0.15) is 0 Å². The average molecular weight is 602 g/mol. The monoisotopic (exact) mass is 601 g/mol. The Kier molecular flexibility index (Phi) is 10.3. The van der Waals surface area contributed by atoms with Crippen molar-refractivity contribution >= 4 is 43.3 Å². The molecule has 41 heavy (non-hydrogen) atoms. The SMILES string of the molecule is CCCCc1ccc(NS(=O)(=O)c2ccc(C)c(C(=O)OCC(=O)Nc3cc(S(=O)(=O)N(C)C)ccc3C)c2)cc1. The number of carbonyl (C=O) groups excluding carboxylic acids is 2. The summed E-state index contributed by atoms with van der Waals surface area (Å²) in [4.78, 5) is 25.2. The molecule has 1 amide bonds. The number of hydrogen-bond donors (Lipinski definition) is 2. The van der Waals surface area contributed by atoms with Crippen LogP contribution in [0.2, 0.25) is 0 Å². The van der Waals surface area contributed by atoms with Crippen LogP contribution in [0.1, 0.15) is 46.8 Å². The molecule has 2 N–H and O–H groups in total. The molecule has 0 saturated carbocycles. The van der Waals surface area contributed by atoms with Crippen molar-refractivity contribution in [3.8, 4) is 0 Å². The fourth-order valence-electron chi connectivity index (χ4n) is 3.82. The number of nitrogens with one attached hydrogen (secondary N) is 2. The first-order chi connectivity index (χ1) is 19.2. The van der Waals surface area contributed by atoms with E-state index in [1.807, 2.05) is 12.1 Å². The van der Waals surface area contributed by atoms with Crippen LogP contribution in [0, 0.1) is 13.8 Å². The lowest BCUT2D eigenvalue weighted by Gasteiger charge is -2.15. The number of aryl methyl sites for hydroxylation is 3. The largest absolute Gasteiger partial charge is 0.452 e. The van der Waals surface area contributed by atoms with Crippen LogP contribution < -0.4 is 10.0 Å². The highest BCUT2D eigenvalue weighted by molar-refractivity contribution is 7.92. The van der Waals surface area contributed by atoms with Crippen LogP contribution in [-0.2, 0) is 36.0 Å². The van der Waals surface area contributed by atoms with Gasteiger partial charge in [-0.25, -0.2) is 25.9 Å². The molecule has 0 unspecified atom stereocenters. The van der Waals surface area contributed by atoms with E-state index in [-0.39, 0.29) is 21.0 Å². The number of benzene rings is 3. The fraction of sp³-hybridized carbons (Fsp3) is 0.310. The fourth-order valence-corrected chi connectivity index (χ4v) is 5.84. The smallest absolute Gasteiger partial charge is 0.338 e. The van der Waals surface area contributed by atoms with E-state index in [1.54, 1.807) is 32.0 Å². The standard InChI is InChI=1S/C29H35N3O7S2/c1-6-7-8-22-11-13-23(14-12-22)31-40(35,36)24-15-9-20(2)26(17-24)29(34)39-19-28(33)30-27-18-25(16-10-21(27)3)41(37,38)32(4)5/h9-18,31H,6-8,19H2,1-5H3,(H,30,33). The predicted molar refractivity (Wildman–Crippen MR) is 158 cm³/mol. The minimum absolute atomic E-state index is 0.00455. The van der Waals surface area contributed by atoms with Gasteiger partial charge in [0.05, 0.1) is 15.4 Å². The highest BCUT2D eigenvalue weighted by Crippen LogP contribution is 2.23. The van der Waals surface area contributed by atoms with Crippen molar-refractivity contribution in [2.75, 3.05) is 30.7 Å². The van der Waals surface area contributed by atoms with E-state index in [0.29, 0.717) is 16.8 Å².